The second-order valence-corrected chi connectivity index (χ2v) is 4.05. The quantitative estimate of drug-likeness (QED) is 0.841. The van der Waals surface area contributed by atoms with Crippen LogP contribution in [0.3, 0.4) is 0 Å². The van der Waals surface area contributed by atoms with Crippen LogP contribution in [0.1, 0.15) is 12.8 Å². The maximum Gasteiger partial charge on any atom is 0.168 e. The maximum atomic E-state index is 13.7. The van der Waals surface area contributed by atoms with Crippen LogP contribution in [0.15, 0.2) is 6.07 Å². The summed E-state index contributed by atoms with van der Waals surface area (Å²) in [7, 11) is 1.53. The Balaban J connectivity index is 2.37. The zero-order valence-corrected chi connectivity index (χ0v) is 9.58. The minimum absolute atomic E-state index is 0.0185. The predicted molar refractivity (Wildman–Crippen MR) is 61.2 cm³/mol. The lowest BCUT2D eigenvalue weighted by Crippen LogP contribution is -2.33. The molecule has 0 saturated carbocycles. The molecule has 17 heavy (non-hydrogen) atoms. The standard InChI is InChI=1S/C11H15F2N3O/c1-14-10-8(12)5-9(13)11(15-10)16-4-2-3-7(16)6-17/h5,7,17H,2-4,6H2,1H3,(H,14,15). The third kappa shape index (κ3) is 2.17. The van der Waals surface area contributed by atoms with Gasteiger partial charge >= 0.3 is 0 Å². The highest BCUT2D eigenvalue weighted by Gasteiger charge is 2.28. The van der Waals surface area contributed by atoms with E-state index in [1.807, 2.05) is 0 Å². The minimum Gasteiger partial charge on any atom is -0.394 e. The van der Waals surface area contributed by atoms with Gasteiger partial charge in [-0.3, -0.25) is 0 Å². The van der Waals surface area contributed by atoms with Crippen LogP contribution in [0.25, 0.3) is 0 Å². The molecule has 1 fully saturated rings. The van der Waals surface area contributed by atoms with Gasteiger partial charge in [0.05, 0.1) is 12.6 Å². The molecule has 1 aromatic rings. The summed E-state index contributed by atoms with van der Waals surface area (Å²) in [6.45, 7) is 0.581. The van der Waals surface area contributed by atoms with E-state index in [4.69, 9.17) is 0 Å². The molecule has 2 rings (SSSR count). The molecule has 0 radical (unpaired) electrons. The minimum atomic E-state index is -0.714. The molecule has 6 heteroatoms. The average molecular weight is 243 g/mol. The number of anilines is 2. The van der Waals surface area contributed by atoms with E-state index in [0.717, 1.165) is 18.9 Å². The Labute approximate surface area is 98.3 Å². The number of aromatic nitrogens is 1. The smallest absolute Gasteiger partial charge is 0.168 e. The highest BCUT2D eigenvalue weighted by molar-refractivity contribution is 5.50. The second kappa shape index (κ2) is 4.83. The van der Waals surface area contributed by atoms with E-state index in [9.17, 15) is 13.9 Å². The first-order chi connectivity index (χ1) is 8.17. The number of nitrogens with one attached hydrogen (secondary N) is 1. The summed E-state index contributed by atoms with van der Waals surface area (Å²) in [6.07, 6.45) is 1.67. The van der Waals surface area contributed by atoms with Gasteiger partial charge in [0.2, 0.25) is 0 Å². The number of aliphatic hydroxyl groups is 1. The summed E-state index contributed by atoms with van der Waals surface area (Å²) in [5, 5.41) is 11.8. The lowest BCUT2D eigenvalue weighted by atomic mass is 10.2. The van der Waals surface area contributed by atoms with Gasteiger partial charge in [-0.05, 0) is 12.8 Å². The van der Waals surface area contributed by atoms with Gasteiger partial charge in [-0.2, -0.15) is 0 Å². The number of hydrogen-bond donors (Lipinski definition) is 2. The fraction of sp³-hybridized carbons (Fsp3) is 0.545. The van der Waals surface area contributed by atoms with E-state index >= 15 is 0 Å². The van der Waals surface area contributed by atoms with Crippen LogP contribution in [0.2, 0.25) is 0 Å². The third-order valence-corrected chi connectivity index (χ3v) is 3.01. The molecule has 0 spiro atoms. The third-order valence-electron chi connectivity index (χ3n) is 3.01. The van der Waals surface area contributed by atoms with Gasteiger partial charge in [0.1, 0.15) is 0 Å². The summed E-state index contributed by atoms with van der Waals surface area (Å²) in [4.78, 5) is 5.61. The summed E-state index contributed by atoms with van der Waals surface area (Å²) in [6, 6.07) is 0.688. The topological polar surface area (TPSA) is 48.4 Å². The van der Waals surface area contributed by atoms with Crippen LogP contribution in [0, 0.1) is 11.6 Å². The van der Waals surface area contributed by atoms with Crippen molar-refractivity contribution in [1.82, 2.24) is 4.98 Å². The molecule has 0 aromatic carbocycles. The Morgan fingerprint density at radius 3 is 2.94 bits per heavy atom. The van der Waals surface area contributed by atoms with Crippen LogP contribution >= 0.6 is 0 Å². The Bertz CT molecular complexity index is 414. The van der Waals surface area contributed by atoms with Gasteiger partial charge in [-0.25, -0.2) is 13.8 Å². The molecule has 4 nitrogen and oxygen atoms in total. The normalized spacial score (nSPS) is 19.8. The van der Waals surface area contributed by atoms with E-state index in [1.54, 1.807) is 4.90 Å². The van der Waals surface area contributed by atoms with Crippen LogP contribution in [-0.4, -0.2) is 36.3 Å². The fourth-order valence-corrected chi connectivity index (χ4v) is 2.14. The average Bonchev–Trinajstić information content (AvgIpc) is 2.77. The molecule has 1 aliphatic rings. The van der Waals surface area contributed by atoms with Crippen molar-refractivity contribution in [2.75, 3.05) is 30.4 Å². The van der Waals surface area contributed by atoms with Crippen LogP contribution < -0.4 is 10.2 Å². The fourth-order valence-electron chi connectivity index (χ4n) is 2.14. The zero-order valence-electron chi connectivity index (χ0n) is 9.58. The summed E-state index contributed by atoms with van der Waals surface area (Å²) < 4.78 is 26.9. The molecule has 0 amide bonds. The molecule has 94 valence electrons. The maximum absolute atomic E-state index is 13.7. The Hall–Kier alpha value is -1.43. The first-order valence-electron chi connectivity index (χ1n) is 5.58. The number of rotatable bonds is 3. The van der Waals surface area contributed by atoms with E-state index in [1.165, 1.54) is 7.05 Å². The van der Waals surface area contributed by atoms with Crippen LogP contribution in [-0.2, 0) is 0 Å². The molecule has 1 saturated heterocycles. The zero-order chi connectivity index (χ0) is 12.4. The summed E-state index contributed by atoms with van der Waals surface area (Å²) in [5.41, 5.74) is 0. The number of hydrogen-bond acceptors (Lipinski definition) is 4. The molecule has 1 unspecified atom stereocenters. The van der Waals surface area contributed by atoms with Crippen molar-refractivity contribution in [1.29, 1.82) is 0 Å². The first kappa shape index (κ1) is 12.0. The Morgan fingerprint density at radius 1 is 1.53 bits per heavy atom. The van der Waals surface area contributed by atoms with Crippen molar-refractivity contribution in [2.24, 2.45) is 0 Å². The van der Waals surface area contributed by atoms with Gasteiger partial charge in [0, 0.05) is 19.7 Å². The van der Waals surface area contributed by atoms with Gasteiger partial charge in [-0.1, -0.05) is 0 Å². The van der Waals surface area contributed by atoms with E-state index in [2.05, 4.69) is 10.3 Å². The highest BCUT2D eigenvalue weighted by Crippen LogP contribution is 2.28. The first-order valence-corrected chi connectivity index (χ1v) is 5.58. The predicted octanol–water partition coefficient (Wildman–Crippen LogP) is 1.36. The largest absolute Gasteiger partial charge is 0.394 e. The van der Waals surface area contributed by atoms with E-state index in [0.29, 0.717) is 6.54 Å². The lowest BCUT2D eigenvalue weighted by Gasteiger charge is -2.24. The molecule has 1 aromatic heterocycles. The number of halogens is 2. The monoisotopic (exact) mass is 243 g/mol. The van der Waals surface area contributed by atoms with Gasteiger partial charge in [-0.15, -0.1) is 0 Å². The van der Waals surface area contributed by atoms with Gasteiger partial charge < -0.3 is 15.3 Å². The lowest BCUT2D eigenvalue weighted by molar-refractivity contribution is 0.265. The molecule has 2 N–H and O–H groups in total. The van der Waals surface area contributed by atoms with E-state index < -0.39 is 11.6 Å². The van der Waals surface area contributed by atoms with Crippen LogP contribution in [0.5, 0.6) is 0 Å². The Kier molecular flexibility index (Phi) is 3.42. The van der Waals surface area contributed by atoms with Crippen molar-refractivity contribution in [3.8, 4) is 0 Å². The summed E-state index contributed by atoms with van der Waals surface area (Å²) >= 11 is 0. The molecule has 1 aliphatic heterocycles. The molecule has 2 heterocycles. The molecular weight excluding hydrogens is 228 g/mol. The Morgan fingerprint density at radius 2 is 2.29 bits per heavy atom. The highest BCUT2D eigenvalue weighted by atomic mass is 19.1. The van der Waals surface area contributed by atoms with Crippen LogP contribution in [0.4, 0.5) is 20.4 Å². The number of pyridine rings is 1. The summed E-state index contributed by atoms with van der Waals surface area (Å²) in [5.74, 6) is -1.28. The SMILES string of the molecule is CNc1nc(N2CCCC2CO)c(F)cc1F. The van der Waals surface area contributed by atoms with Gasteiger partial charge in [0.25, 0.3) is 0 Å². The van der Waals surface area contributed by atoms with Crippen molar-refractivity contribution < 1.29 is 13.9 Å². The molecular formula is C11H15F2N3O. The van der Waals surface area contributed by atoms with Crippen molar-refractivity contribution in [2.45, 2.75) is 18.9 Å². The van der Waals surface area contributed by atoms with Crippen molar-refractivity contribution in [3.05, 3.63) is 17.7 Å². The molecule has 1 atom stereocenters. The van der Waals surface area contributed by atoms with Gasteiger partial charge in [0.15, 0.2) is 23.3 Å². The van der Waals surface area contributed by atoms with E-state index in [-0.39, 0.29) is 24.3 Å². The van der Waals surface area contributed by atoms with Crippen molar-refractivity contribution in [3.63, 3.8) is 0 Å². The number of nitrogens with zero attached hydrogens (tertiary/aromatic N) is 2. The van der Waals surface area contributed by atoms with Crippen molar-refractivity contribution >= 4 is 11.6 Å². The molecule has 0 aliphatic carbocycles. The second-order valence-electron chi connectivity index (χ2n) is 4.05. The number of aliphatic hydroxyl groups excluding tert-OH is 1. The molecule has 0 bridgehead atoms.